The number of hydrogen-bond acceptors (Lipinski definition) is 10. The standard InChI is InChI=1S/C21H26O10/c1-11-6-8-16(9-7-11)30-21-20(29-15(5)25)19(28-14(4)24)18(27-13(3)23)17(31-21)10-26-12(2)22/h6-9,17-21H,10H2,1-5H3/t17-,18+,19+,20+,21+/m0/s1. The Hall–Kier alpha value is -3.14. The fourth-order valence-corrected chi connectivity index (χ4v) is 3.03. The van der Waals surface area contributed by atoms with Crippen molar-refractivity contribution in [3.05, 3.63) is 29.8 Å². The zero-order chi connectivity index (χ0) is 23.1. The van der Waals surface area contributed by atoms with Gasteiger partial charge in [-0.1, -0.05) is 17.7 Å². The van der Waals surface area contributed by atoms with E-state index in [-0.39, 0.29) is 6.61 Å². The third-order valence-electron chi connectivity index (χ3n) is 4.22. The minimum absolute atomic E-state index is 0.314. The molecule has 2 rings (SSSR count). The molecule has 1 aliphatic rings. The molecule has 1 aromatic carbocycles. The molecular weight excluding hydrogens is 412 g/mol. The lowest BCUT2D eigenvalue weighted by atomic mass is 9.98. The molecule has 10 heteroatoms. The molecule has 170 valence electrons. The number of carbonyl (C=O) groups is 4. The molecule has 0 unspecified atom stereocenters. The first-order valence-corrected chi connectivity index (χ1v) is 9.60. The lowest BCUT2D eigenvalue weighted by Gasteiger charge is -2.43. The van der Waals surface area contributed by atoms with E-state index in [0.29, 0.717) is 5.75 Å². The summed E-state index contributed by atoms with van der Waals surface area (Å²) in [6.07, 6.45) is -6.05. The Kier molecular flexibility index (Phi) is 8.38. The van der Waals surface area contributed by atoms with Gasteiger partial charge in [0.05, 0.1) is 0 Å². The number of hydrogen-bond donors (Lipinski definition) is 0. The van der Waals surface area contributed by atoms with Crippen molar-refractivity contribution in [2.24, 2.45) is 0 Å². The van der Waals surface area contributed by atoms with E-state index in [2.05, 4.69) is 0 Å². The van der Waals surface area contributed by atoms with Crippen LogP contribution in [0.2, 0.25) is 0 Å². The van der Waals surface area contributed by atoms with E-state index < -0.39 is 54.6 Å². The largest absolute Gasteiger partial charge is 0.463 e. The number of rotatable bonds is 7. The topological polar surface area (TPSA) is 124 Å². The van der Waals surface area contributed by atoms with Gasteiger partial charge in [0.25, 0.3) is 0 Å². The molecule has 0 radical (unpaired) electrons. The predicted octanol–water partition coefficient (Wildman–Crippen LogP) is 1.46. The second-order valence-electron chi connectivity index (χ2n) is 7.00. The van der Waals surface area contributed by atoms with Crippen molar-refractivity contribution in [1.29, 1.82) is 0 Å². The van der Waals surface area contributed by atoms with Crippen LogP contribution in [0.5, 0.6) is 5.75 Å². The van der Waals surface area contributed by atoms with E-state index >= 15 is 0 Å². The normalized spacial score (nSPS) is 25.1. The van der Waals surface area contributed by atoms with Crippen LogP contribution in [0.1, 0.15) is 33.3 Å². The molecule has 1 heterocycles. The maximum absolute atomic E-state index is 11.8. The summed E-state index contributed by atoms with van der Waals surface area (Å²) in [5, 5.41) is 0. The minimum Gasteiger partial charge on any atom is -0.463 e. The molecule has 1 saturated heterocycles. The monoisotopic (exact) mass is 438 g/mol. The molecular formula is C21H26O10. The summed E-state index contributed by atoms with van der Waals surface area (Å²) in [4.78, 5) is 46.6. The first-order chi connectivity index (χ1) is 14.6. The minimum atomic E-state index is -1.27. The van der Waals surface area contributed by atoms with E-state index in [1.807, 2.05) is 6.92 Å². The van der Waals surface area contributed by atoms with Crippen LogP contribution in [0.3, 0.4) is 0 Å². The highest BCUT2D eigenvalue weighted by Crippen LogP contribution is 2.31. The van der Waals surface area contributed by atoms with Crippen LogP contribution < -0.4 is 4.74 Å². The summed E-state index contributed by atoms with van der Waals surface area (Å²) in [6, 6.07) is 6.98. The summed E-state index contributed by atoms with van der Waals surface area (Å²) >= 11 is 0. The van der Waals surface area contributed by atoms with Gasteiger partial charge in [-0.2, -0.15) is 0 Å². The molecule has 0 spiro atoms. The number of esters is 4. The smallest absolute Gasteiger partial charge is 0.303 e. The molecule has 0 aromatic heterocycles. The zero-order valence-corrected chi connectivity index (χ0v) is 18.0. The van der Waals surface area contributed by atoms with Gasteiger partial charge in [0.15, 0.2) is 12.2 Å². The van der Waals surface area contributed by atoms with Gasteiger partial charge < -0.3 is 28.4 Å². The molecule has 5 atom stereocenters. The zero-order valence-electron chi connectivity index (χ0n) is 18.0. The first kappa shape index (κ1) is 24.1. The average molecular weight is 438 g/mol. The van der Waals surface area contributed by atoms with Gasteiger partial charge in [0.2, 0.25) is 12.4 Å². The van der Waals surface area contributed by atoms with Crippen molar-refractivity contribution in [3.63, 3.8) is 0 Å². The molecule has 0 aliphatic carbocycles. The Labute approximate surface area is 179 Å². The molecule has 1 aromatic rings. The van der Waals surface area contributed by atoms with Crippen LogP contribution >= 0.6 is 0 Å². The summed E-state index contributed by atoms with van der Waals surface area (Å²) < 4.78 is 32.7. The second kappa shape index (κ2) is 10.8. The van der Waals surface area contributed by atoms with Gasteiger partial charge in [-0.05, 0) is 19.1 Å². The van der Waals surface area contributed by atoms with Gasteiger partial charge in [0.1, 0.15) is 18.5 Å². The van der Waals surface area contributed by atoms with E-state index in [1.165, 1.54) is 13.8 Å². The van der Waals surface area contributed by atoms with E-state index in [0.717, 1.165) is 19.4 Å². The lowest BCUT2D eigenvalue weighted by Crippen LogP contribution is -2.63. The van der Waals surface area contributed by atoms with Crippen LogP contribution in [-0.2, 0) is 42.9 Å². The molecule has 31 heavy (non-hydrogen) atoms. The van der Waals surface area contributed by atoms with Crippen molar-refractivity contribution in [2.45, 2.75) is 65.3 Å². The Morgan fingerprint density at radius 3 is 1.81 bits per heavy atom. The maximum Gasteiger partial charge on any atom is 0.303 e. The molecule has 10 nitrogen and oxygen atoms in total. The van der Waals surface area contributed by atoms with Crippen LogP contribution in [0.4, 0.5) is 0 Å². The molecule has 1 fully saturated rings. The van der Waals surface area contributed by atoms with Crippen molar-refractivity contribution < 1.29 is 47.6 Å². The maximum atomic E-state index is 11.8. The molecule has 0 saturated carbocycles. The first-order valence-electron chi connectivity index (χ1n) is 9.60. The van der Waals surface area contributed by atoms with Gasteiger partial charge in [0, 0.05) is 27.7 Å². The third kappa shape index (κ3) is 7.25. The molecule has 0 bridgehead atoms. The fraction of sp³-hybridized carbons (Fsp3) is 0.524. The van der Waals surface area contributed by atoms with Gasteiger partial charge >= 0.3 is 23.9 Å². The van der Waals surface area contributed by atoms with E-state index in [9.17, 15) is 19.2 Å². The highest BCUT2D eigenvalue weighted by atomic mass is 16.7. The van der Waals surface area contributed by atoms with Crippen molar-refractivity contribution >= 4 is 23.9 Å². The second-order valence-corrected chi connectivity index (χ2v) is 7.00. The summed E-state index contributed by atoms with van der Waals surface area (Å²) in [5.41, 5.74) is 0.994. The van der Waals surface area contributed by atoms with Crippen LogP contribution in [-0.4, -0.2) is 61.2 Å². The van der Waals surface area contributed by atoms with Crippen LogP contribution in [0.15, 0.2) is 24.3 Å². The summed E-state index contributed by atoms with van der Waals surface area (Å²) in [7, 11) is 0. The van der Waals surface area contributed by atoms with Crippen LogP contribution in [0.25, 0.3) is 0 Å². The Morgan fingerprint density at radius 1 is 0.774 bits per heavy atom. The van der Waals surface area contributed by atoms with Crippen molar-refractivity contribution in [2.75, 3.05) is 6.61 Å². The van der Waals surface area contributed by atoms with Gasteiger partial charge in [-0.25, -0.2) is 0 Å². The highest BCUT2D eigenvalue weighted by Gasteiger charge is 2.53. The molecule has 1 aliphatic heterocycles. The quantitative estimate of drug-likeness (QED) is 0.456. The van der Waals surface area contributed by atoms with E-state index in [4.69, 9.17) is 28.4 Å². The van der Waals surface area contributed by atoms with Crippen molar-refractivity contribution in [1.82, 2.24) is 0 Å². The number of carbonyl (C=O) groups excluding carboxylic acids is 4. The number of aryl methyl sites for hydroxylation is 1. The summed E-state index contributed by atoms with van der Waals surface area (Å²) in [5.74, 6) is -2.29. The van der Waals surface area contributed by atoms with Gasteiger partial charge in [-0.3, -0.25) is 19.2 Å². The molecule has 0 N–H and O–H groups in total. The van der Waals surface area contributed by atoms with E-state index in [1.54, 1.807) is 24.3 Å². The lowest BCUT2D eigenvalue weighted by molar-refractivity contribution is -0.288. The van der Waals surface area contributed by atoms with Crippen LogP contribution in [0, 0.1) is 6.92 Å². The Morgan fingerprint density at radius 2 is 1.29 bits per heavy atom. The Bertz CT molecular complexity index is 803. The fourth-order valence-electron chi connectivity index (χ4n) is 3.03. The average Bonchev–Trinajstić information content (AvgIpc) is 2.65. The van der Waals surface area contributed by atoms with Gasteiger partial charge in [-0.15, -0.1) is 0 Å². The molecule has 0 amide bonds. The van der Waals surface area contributed by atoms with Crippen molar-refractivity contribution in [3.8, 4) is 5.75 Å². The summed E-state index contributed by atoms with van der Waals surface area (Å²) in [6.45, 7) is 6.27. The number of ether oxygens (including phenoxy) is 6. The Balaban J connectivity index is 2.43. The SMILES string of the molecule is CC(=O)OC[C@@H]1O[C@@H](Oc2ccc(C)cc2)[C@H](OC(C)=O)[C@H](OC(C)=O)[C@@H]1OC(C)=O. The number of benzene rings is 1. The third-order valence-corrected chi connectivity index (χ3v) is 4.22. The predicted molar refractivity (Wildman–Crippen MR) is 104 cm³/mol. The highest BCUT2D eigenvalue weighted by molar-refractivity contribution is 5.68.